The number of rotatable bonds is 5. The van der Waals surface area contributed by atoms with Crippen LogP contribution in [-0.2, 0) is 20.7 Å². The Morgan fingerprint density at radius 3 is 2.80 bits per heavy atom. The van der Waals surface area contributed by atoms with Crippen molar-refractivity contribution in [3.05, 3.63) is 35.6 Å². The molecule has 2 rings (SSSR count). The number of halogens is 1. The smallest absolute Gasteiger partial charge is 0.249 e. The Balaban J connectivity index is 2.02. The van der Waals surface area contributed by atoms with E-state index in [4.69, 9.17) is 10.5 Å². The molecular weight excluding hydrogens is 263 g/mol. The molecule has 1 heterocycles. The zero-order chi connectivity index (χ0) is 14.5. The van der Waals surface area contributed by atoms with Gasteiger partial charge in [0.1, 0.15) is 18.0 Å². The molecule has 1 aliphatic heterocycles. The summed E-state index contributed by atoms with van der Waals surface area (Å²) in [7, 11) is 0. The standard InChI is InChI=1S/C14H17FN2O3/c15-10-5-2-1-4-9(10)8-11(13(16)18)17-14(19)12-6-3-7-20-12/h1-2,4-5,11-12H,3,6-8H2,(H2,16,18)(H,17,19)/t11-,12-/m0/s1. The first-order chi connectivity index (χ1) is 9.58. The summed E-state index contributed by atoms with van der Waals surface area (Å²) in [6.45, 7) is 0.534. The molecular formula is C14H17FN2O3. The van der Waals surface area contributed by atoms with Crippen molar-refractivity contribution in [2.75, 3.05) is 6.61 Å². The predicted molar refractivity (Wildman–Crippen MR) is 70.2 cm³/mol. The van der Waals surface area contributed by atoms with E-state index < -0.39 is 23.9 Å². The number of amides is 2. The lowest BCUT2D eigenvalue weighted by atomic mass is 10.0. The maximum atomic E-state index is 13.6. The number of nitrogens with two attached hydrogens (primary N) is 1. The van der Waals surface area contributed by atoms with E-state index in [1.165, 1.54) is 6.07 Å². The fraction of sp³-hybridized carbons (Fsp3) is 0.429. The van der Waals surface area contributed by atoms with Crippen LogP contribution in [0.15, 0.2) is 24.3 Å². The van der Waals surface area contributed by atoms with E-state index in [2.05, 4.69) is 5.32 Å². The highest BCUT2D eigenvalue weighted by Crippen LogP contribution is 2.13. The zero-order valence-electron chi connectivity index (χ0n) is 11.0. The van der Waals surface area contributed by atoms with Gasteiger partial charge >= 0.3 is 0 Å². The second kappa shape index (κ2) is 6.47. The van der Waals surface area contributed by atoms with Gasteiger partial charge in [0.2, 0.25) is 11.8 Å². The number of hydrogen-bond acceptors (Lipinski definition) is 3. The van der Waals surface area contributed by atoms with E-state index in [-0.39, 0.29) is 12.3 Å². The van der Waals surface area contributed by atoms with Gasteiger partial charge in [-0.2, -0.15) is 0 Å². The van der Waals surface area contributed by atoms with Gasteiger partial charge in [-0.25, -0.2) is 4.39 Å². The highest BCUT2D eigenvalue weighted by atomic mass is 19.1. The molecule has 1 aromatic carbocycles. The first-order valence-electron chi connectivity index (χ1n) is 6.52. The van der Waals surface area contributed by atoms with Crippen molar-refractivity contribution < 1.29 is 18.7 Å². The second-order valence-electron chi connectivity index (χ2n) is 4.76. The normalized spacial score (nSPS) is 19.6. The molecule has 1 aliphatic rings. The number of nitrogens with one attached hydrogen (secondary N) is 1. The van der Waals surface area contributed by atoms with Crippen LogP contribution < -0.4 is 11.1 Å². The van der Waals surface area contributed by atoms with Gasteiger partial charge in [0.25, 0.3) is 0 Å². The third kappa shape index (κ3) is 3.54. The van der Waals surface area contributed by atoms with Crippen molar-refractivity contribution >= 4 is 11.8 Å². The highest BCUT2D eigenvalue weighted by Gasteiger charge is 2.27. The van der Waals surface area contributed by atoms with Crippen molar-refractivity contribution in [2.24, 2.45) is 5.73 Å². The molecule has 1 saturated heterocycles. The molecule has 5 nitrogen and oxygen atoms in total. The minimum atomic E-state index is -0.941. The van der Waals surface area contributed by atoms with E-state index >= 15 is 0 Å². The first-order valence-corrected chi connectivity index (χ1v) is 6.52. The maximum absolute atomic E-state index is 13.6. The van der Waals surface area contributed by atoms with E-state index in [9.17, 15) is 14.0 Å². The van der Waals surface area contributed by atoms with E-state index in [0.717, 1.165) is 6.42 Å². The molecule has 3 N–H and O–H groups in total. The maximum Gasteiger partial charge on any atom is 0.249 e. The minimum absolute atomic E-state index is 0.0282. The summed E-state index contributed by atoms with van der Waals surface area (Å²) in [6.07, 6.45) is 0.918. The lowest BCUT2D eigenvalue weighted by Gasteiger charge is -2.18. The van der Waals surface area contributed by atoms with Crippen molar-refractivity contribution in [3.8, 4) is 0 Å². The number of carbonyl (C=O) groups excluding carboxylic acids is 2. The van der Waals surface area contributed by atoms with Crippen molar-refractivity contribution in [1.29, 1.82) is 0 Å². The molecule has 0 aromatic heterocycles. The topological polar surface area (TPSA) is 81.4 Å². The summed E-state index contributed by atoms with van der Waals surface area (Å²) in [5, 5.41) is 2.53. The summed E-state index contributed by atoms with van der Waals surface area (Å²) in [5.41, 5.74) is 5.60. The second-order valence-corrected chi connectivity index (χ2v) is 4.76. The zero-order valence-corrected chi connectivity index (χ0v) is 11.0. The predicted octanol–water partition coefficient (Wildman–Crippen LogP) is 0.517. The molecule has 20 heavy (non-hydrogen) atoms. The molecule has 2 atom stereocenters. The third-order valence-corrected chi connectivity index (χ3v) is 3.26. The van der Waals surface area contributed by atoms with Gasteiger partial charge in [0.15, 0.2) is 0 Å². The van der Waals surface area contributed by atoms with Crippen LogP contribution >= 0.6 is 0 Å². The van der Waals surface area contributed by atoms with E-state index in [0.29, 0.717) is 18.6 Å². The van der Waals surface area contributed by atoms with Crippen LogP contribution in [0.25, 0.3) is 0 Å². The average molecular weight is 280 g/mol. The monoisotopic (exact) mass is 280 g/mol. The number of primary amides is 1. The molecule has 2 amide bonds. The van der Waals surface area contributed by atoms with Gasteiger partial charge in [0, 0.05) is 13.0 Å². The number of hydrogen-bond donors (Lipinski definition) is 2. The summed E-state index contributed by atoms with van der Waals surface area (Å²) in [6, 6.07) is 5.14. The number of benzene rings is 1. The van der Waals surface area contributed by atoms with Crippen LogP contribution in [0, 0.1) is 5.82 Å². The van der Waals surface area contributed by atoms with E-state index in [1.807, 2.05) is 0 Å². The largest absolute Gasteiger partial charge is 0.368 e. The summed E-state index contributed by atoms with van der Waals surface area (Å²) < 4.78 is 18.8. The number of carbonyl (C=O) groups is 2. The molecule has 0 spiro atoms. The van der Waals surface area contributed by atoms with Crippen LogP contribution in [0.2, 0.25) is 0 Å². The fourth-order valence-electron chi connectivity index (χ4n) is 2.16. The third-order valence-electron chi connectivity index (χ3n) is 3.26. The van der Waals surface area contributed by atoms with Gasteiger partial charge in [-0.3, -0.25) is 9.59 Å². The molecule has 0 unspecified atom stereocenters. The van der Waals surface area contributed by atoms with Crippen LogP contribution in [0.4, 0.5) is 4.39 Å². The Bertz CT molecular complexity index is 501. The Morgan fingerprint density at radius 2 is 2.20 bits per heavy atom. The lowest BCUT2D eigenvalue weighted by Crippen LogP contribution is -2.49. The quantitative estimate of drug-likeness (QED) is 0.825. The van der Waals surface area contributed by atoms with Crippen molar-refractivity contribution in [1.82, 2.24) is 5.32 Å². The lowest BCUT2D eigenvalue weighted by molar-refractivity contribution is -0.133. The molecule has 0 bridgehead atoms. The minimum Gasteiger partial charge on any atom is -0.368 e. The Hall–Kier alpha value is -1.95. The van der Waals surface area contributed by atoms with Crippen molar-refractivity contribution in [2.45, 2.75) is 31.4 Å². The van der Waals surface area contributed by atoms with Gasteiger partial charge in [-0.15, -0.1) is 0 Å². The fourth-order valence-corrected chi connectivity index (χ4v) is 2.16. The molecule has 108 valence electrons. The molecule has 0 aliphatic carbocycles. The van der Waals surface area contributed by atoms with Gasteiger partial charge < -0.3 is 15.8 Å². The van der Waals surface area contributed by atoms with Crippen LogP contribution in [0.5, 0.6) is 0 Å². The summed E-state index contributed by atoms with van der Waals surface area (Å²) in [5.74, 6) is -1.49. The van der Waals surface area contributed by atoms with Crippen LogP contribution in [0.3, 0.4) is 0 Å². The Labute approximate surface area is 116 Å². The SMILES string of the molecule is NC(=O)[C@H](Cc1ccccc1F)NC(=O)[C@@H]1CCCO1. The highest BCUT2D eigenvalue weighted by molar-refractivity contribution is 5.88. The van der Waals surface area contributed by atoms with Crippen LogP contribution in [-0.4, -0.2) is 30.6 Å². The van der Waals surface area contributed by atoms with Gasteiger partial charge in [-0.1, -0.05) is 18.2 Å². The molecule has 0 saturated carbocycles. The Morgan fingerprint density at radius 1 is 1.45 bits per heavy atom. The van der Waals surface area contributed by atoms with Crippen molar-refractivity contribution in [3.63, 3.8) is 0 Å². The summed E-state index contributed by atoms with van der Waals surface area (Å²) >= 11 is 0. The molecule has 1 fully saturated rings. The molecule has 6 heteroatoms. The first kappa shape index (κ1) is 14.5. The van der Waals surface area contributed by atoms with Crippen LogP contribution in [0.1, 0.15) is 18.4 Å². The van der Waals surface area contributed by atoms with Gasteiger partial charge in [-0.05, 0) is 24.5 Å². The number of ether oxygens (including phenoxy) is 1. The van der Waals surface area contributed by atoms with Gasteiger partial charge in [0.05, 0.1) is 0 Å². The average Bonchev–Trinajstić information content (AvgIpc) is 2.94. The molecule has 0 radical (unpaired) electrons. The molecule has 1 aromatic rings. The van der Waals surface area contributed by atoms with E-state index in [1.54, 1.807) is 18.2 Å². The Kier molecular flexibility index (Phi) is 4.68. The summed E-state index contributed by atoms with van der Waals surface area (Å²) in [4.78, 5) is 23.3.